The molecule has 0 aliphatic carbocycles. The van der Waals surface area contributed by atoms with E-state index >= 15 is 0 Å². The molecule has 1 heterocycles. The molecule has 1 fully saturated rings. The van der Waals surface area contributed by atoms with Crippen LogP contribution in [0.1, 0.15) is 18.1 Å². The van der Waals surface area contributed by atoms with Gasteiger partial charge in [-0.15, -0.1) is 0 Å². The number of thioether (sulfide) groups is 1. The van der Waals surface area contributed by atoms with E-state index < -0.39 is 0 Å². The van der Waals surface area contributed by atoms with Crippen LogP contribution < -0.4 is 19.1 Å². The van der Waals surface area contributed by atoms with Gasteiger partial charge in [-0.05, 0) is 67.1 Å². The summed E-state index contributed by atoms with van der Waals surface area (Å²) in [5.41, 5.74) is 2.12. The van der Waals surface area contributed by atoms with Gasteiger partial charge in [0, 0.05) is 0 Å². The summed E-state index contributed by atoms with van der Waals surface area (Å²) in [6, 6.07) is 10.6. The maximum absolute atomic E-state index is 12.9. The minimum Gasteiger partial charge on any atom is -0.495 e. The van der Waals surface area contributed by atoms with Gasteiger partial charge in [0.1, 0.15) is 5.75 Å². The highest BCUT2D eigenvalue weighted by Gasteiger charge is 2.37. The van der Waals surface area contributed by atoms with Crippen molar-refractivity contribution in [1.82, 2.24) is 0 Å². The fraction of sp³-hybridized carbons (Fsp3) is 0.238. The molecule has 0 saturated carbocycles. The normalized spacial score (nSPS) is 15.3. The molecular weight excluding hydrogens is 378 g/mol. The fourth-order valence-electron chi connectivity index (χ4n) is 2.89. The van der Waals surface area contributed by atoms with Gasteiger partial charge in [-0.3, -0.25) is 9.59 Å². The van der Waals surface area contributed by atoms with E-state index in [2.05, 4.69) is 0 Å². The van der Waals surface area contributed by atoms with Gasteiger partial charge in [0.2, 0.25) is 0 Å². The minimum atomic E-state index is -0.382. The van der Waals surface area contributed by atoms with Crippen molar-refractivity contribution in [1.29, 1.82) is 0 Å². The lowest BCUT2D eigenvalue weighted by Gasteiger charge is -2.15. The van der Waals surface area contributed by atoms with E-state index in [1.54, 1.807) is 37.5 Å². The van der Waals surface area contributed by atoms with Crippen molar-refractivity contribution >= 4 is 34.7 Å². The van der Waals surface area contributed by atoms with Crippen molar-refractivity contribution in [2.75, 3.05) is 25.7 Å². The monoisotopic (exact) mass is 399 g/mol. The first-order valence-electron chi connectivity index (χ1n) is 8.72. The number of nitrogens with zero attached hydrogens (tertiary/aromatic N) is 1. The van der Waals surface area contributed by atoms with Gasteiger partial charge in [-0.1, -0.05) is 12.1 Å². The first-order chi connectivity index (χ1) is 13.5. The third kappa shape index (κ3) is 3.71. The Morgan fingerprint density at radius 3 is 2.43 bits per heavy atom. The van der Waals surface area contributed by atoms with Crippen molar-refractivity contribution in [3.05, 3.63) is 52.4 Å². The Bertz CT molecular complexity index is 954. The fourth-order valence-corrected chi connectivity index (χ4v) is 3.72. The van der Waals surface area contributed by atoms with Crippen molar-refractivity contribution in [3.8, 4) is 17.2 Å². The molecule has 0 spiro atoms. The number of anilines is 1. The summed E-state index contributed by atoms with van der Waals surface area (Å²) in [5, 5.41) is -0.364. The first-order valence-corrected chi connectivity index (χ1v) is 9.54. The maximum atomic E-state index is 12.9. The van der Waals surface area contributed by atoms with Crippen molar-refractivity contribution in [2.24, 2.45) is 0 Å². The second kappa shape index (κ2) is 8.39. The molecule has 6 nitrogen and oxygen atoms in total. The van der Waals surface area contributed by atoms with E-state index in [4.69, 9.17) is 14.2 Å². The van der Waals surface area contributed by atoms with Crippen molar-refractivity contribution in [3.63, 3.8) is 0 Å². The molecule has 146 valence electrons. The van der Waals surface area contributed by atoms with Crippen LogP contribution in [0.5, 0.6) is 17.2 Å². The van der Waals surface area contributed by atoms with Crippen molar-refractivity contribution < 1.29 is 23.8 Å². The quantitative estimate of drug-likeness (QED) is 0.659. The van der Waals surface area contributed by atoms with E-state index in [0.717, 1.165) is 27.8 Å². The van der Waals surface area contributed by atoms with Crippen LogP contribution in [0, 0.1) is 6.92 Å². The van der Waals surface area contributed by atoms with Gasteiger partial charge in [-0.25, -0.2) is 4.90 Å². The molecule has 0 radical (unpaired) electrons. The van der Waals surface area contributed by atoms with Gasteiger partial charge in [0.15, 0.2) is 11.5 Å². The van der Waals surface area contributed by atoms with Crippen LogP contribution in [0.3, 0.4) is 0 Å². The SMILES string of the molecule is CCOc1cc(/C=C2\SC(=O)N(c3ccccc3OC)C2=O)c(C)cc1OC. The topological polar surface area (TPSA) is 65.1 Å². The lowest BCUT2D eigenvalue weighted by molar-refractivity contribution is -0.113. The molecule has 3 rings (SSSR count). The summed E-state index contributed by atoms with van der Waals surface area (Å²) < 4.78 is 16.3. The highest BCUT2D eigenvalue weighted by molar-refractivity contribution is 8.19. The van der Waals surface area contributed by atoms with Crippen LogP contribution in [0.4, 0.5) is 10.5 Å². The molecule has 0 unspecified atom stereocenters. The zero-order chi connectivity index (χ0) is 20.3. The number of benzene rings is 2. The standard InChI is InChI=1S/C21H21NO5S/c1-5-27-18-11-14(13(2)10-17(18)26-4)12-19-20(23)22(21(24)28-19)15-8-6-7-9-16(15)25-3/h6-12H,5H2,1-4H3/b19-12-. The molecule has 0 bridgehead atoms. The van der Waals surface area contributed by atoms with Crippen LogP contribution in [0.2, 0.25) is 0 Å². The van der Waals surface area contributed by atoms with Gasteiger partial charge in [0.05, 0.1) is 31.4 Å². The van der Waals surface area contributed by atoms with E-state index in [0.29, 0.717) is 34.4 Å². The number of methoxy groups -OCH3 is 2. The largest absolute Gasteiger partial charge is 0.495 e. The summed E-state index contributed by atoms with van der Waals surface area (Å²) in [4.78, 5) is 27.0. The highest BCUT2D eigenvalue weighted by atomic mass is 32.2. The number of carbonyl (C=O) groups is 2. The molecule has 2 aromatic rings. The number of hydrogen-bond donors (Lipinski definition) is 0. The Kier molecular flexibility index (Phi) is 5.94. The Balaban J connectivity index is 1.99. The Morgan fingerprint density at radius 1 is 1.04 bits per heavy atom. The average molecular weight is 399 g/mol. The molecule has 0 N–H and O–H groups in total. The second-order valence-corrected chi connectivity index (χ2v) is 6.97. The van der Waals surface area contributed by atoms with E-state index in [1.807, 2.05) is 26.0 Å². The first kappa shape index (κ1) is 19.8. The van der Waals surface area contributed by atoms with Crippen LogP contribution in [0.25, 0.3) is 6.08 Å². The molecule has 2 amide bonds. The summed E-state index contributed by atoms with van der Waals surface area (Å²) in [6.45, 7) is 4.29. The number of ether oxygens (including phenoxy) is 3. The molecule has 1 aliphatic rings. The lowest BCUT2D eigenvalue weighted by Crippen LogP contribution is -2.28. The number of rotatable bonds is 6. The van der Waals surface area contributed by atoms with Crippen LogP contribution >= 0.6 is 11.8 Å². The predicted molar refractivity (Wildman–Crippen MR) is 110 cm³/mol. The lowest BCUT2D eigenvalue weighted by atomic mass is 10.1. The number of para-hydroxylation sites is 2. The Morgan fingerprint density at radius 2 is 1.75 bits per heavy atom. The zero-order valence-electron chi connectivity index (χ0n) is 16.1. The smallest absolute Gasteiger partial charge is 0.298 e. The summed E-state index contributed by atoms with van der Waals surface area (Å²) in [7, 11) is 3.08. The second-order valence-electron chi connectivity index (χ2n) is 5.98. The molecule has 0 aromatic heterocycles. The van der Waals surface area contributed by atoms with Gasteiger partial charge >= 0.3 is 0 Å². The van der Waals surface area contributed by atoms with Crippen LogP contribution in [-0.4, -0.2) is 32.0 Å². The zero-order valence-corrected chi connectivity index (χ0v) is 17.0. The third-order valence-electron chi connectivity index (χ3n) is 4.26. The van der Waals surface area contributed by atoms with Gasteiger partial charge in [0.25, 0.3) is 11.1 Å². The molecule has 1 aliphatic heterocycles. The number of carbonyl (C=O) groups excluding carboxylic acids is 2. The van der Waals surface area contributed by atoms with Crippen molar-refractivity contribution in [2.45, 2.75) is 13.8 Å². The average Bonchev–Trinajstić information content (AvgIpc) is 2.97. The van der Waals surface area contributed by atoms with Crippen LogP contribution in [0.15, 0.2) is 41.3 Å². The van der Waals surface area contributed by atoms with E-state index in [1.165, 1.54) is 7.11 Å². The van der Waals surface area contributed by atoms with Gasteiger partial charge in [-0.2, -0.15) is 0 Å². The summed E-state index contributed by atoms with van der Waals surface area (Å²) >= 11 is 0.899. The molecule has 0 atom stereocenters. The van der Waals surface area contributed by atoms with Gasteiger partial charge < -0.3 is 14.2 Å². The summed E-state index contributed by atoms with van der Waals surface area (Å²) in [6.07, 6.45) is 1.71. The number of imide groups is 1. The number of aryl methyl sites for hydroxylation is 1. The molecule has 1 saturated heterocycles. The molecular formula is C21H21NO5S. The Labute approximate surface area is 168 Å². The molecule has 2 aromatic carbocycles. The third-order valence-corrected chi connectivity index (χ3v) is 5.13. The Hall–Kier alpha value is -2.93. The summed E-state index contributed by atoms with van der Waals surface area (Å²) in [5.74, 6) is 1.29. The molecule has 7 heteroatoms. The minimum absolute atomic E-state index is 0.339. The molecule has 28 heavy (non-hydrogen) atoms. The maximum Gasteiger partial charge on any atom is 0.298 e. The van der Waals surface area contributed by atoms with E-state index in [-0.39, 0.29) is 11.1 Å². The predicted octanol–water partition coefficient (Wildman–Crippen LogP) is 4.65. The highest BCUT2D eigenvalue weighted by Crippen LogP contribution is 2.40. The number of amides is 2. The van der Waals surface area contributed by atoms with Crippen LogP contribution in [-0.2, 0) is 4.79 Å². The number of hydrogen-bond acceptors (Lipinski definition) is 6. The van der Waals surface area contributed by atoms with E-state index in [9.17, 15) is 9.59 Å².